The molecule has 0 fully saturated rings. The average molecular weight is 281 g/mol. The Morgan fingerprint density at radius 1 is 1.25 bits per heavy atom. The second kappa shape index (κ2) is 7.23. The number of nitrogens with zero attached hydrogens (tertiary/aromatic N) is 3. The van der Waals surface area contributed by atoms with Crippen LogP contribution in [0.25, 0.3) is 0 Å². The van der Waals surface area contributed by atoms with Gasteiger partial charge in [-0.15, -0.1) is 0 Å². The summed E-state index contributed by atoms with van der Waals surface area (Å²) in [6, 6.07) is 2.13. The summed E-state index contributed by atoms with van der Waals surface area (Å²) < 4.78 is 2.01. The largest absolute Gasteiger partial charge is 0.391 e. The molecule has 1 unspecified atom stereocenters. The van der Waals surface area contributed by atoms with Crippen molar-refractivity contribution in [3.05, 3.63) is 17.5 Å². The van der Waals surface area contributed by atoms with Gasteiger partial charge < -0.3 is 5.11 Å². The normalized spacial score (nSPS) is 14.0. The SMILES string of the molecule is CCc1cc(CC(O)C(C)(C)N(CC)CC)n(CC)n1. The molecule has 0 aliphatic rings. The lowest BCUT2D eigenvalue weighted by molar-refractivity contribution is -0.00515. The summed E-state index contributed by atoms with van der Waals surface area (Å²) in [6.07, 6.45) is 1.20. The Bertz CT molecular complexity index is 408. The minimum atomic E-state index is -0.394. The van der Waals surface area contributed by atoms with Crippen LogP contribution in [0.1, 0.15) is 52.9 Å². The van der Waals surface area contributed by atoms with Gasteiger partial charge in [-0.3, -0.25) is 9.58 Å². The zero-order valence-corrected chi connectivity index (χ0v) is 14.0. The monoisotopic (exact) mass is 281 g/mol. The summed E-state index contributed by atoms with van der Waals surface area (Å²) in [6.45, 7) is 15.5. The molecule has 0 spiro atoms. The molecule has 0 radical (unpaired) electrons. The van der Waals surface area contributed by atoms with Gasteiger partial charge >= 0.3 is 0 Å². The third-order valence-corrected chi connectivity index (χ3v) is 4.37. The van der Waals surface area contributed by atoms with Crippen LogP contribution in [0.3, 0.4) is 0 Å². The molecule has 0 saturated carbocycles. The van der Waals surface area contributed by atoms with Gasteiger partial charge in [0, 0.05) is 24.2 Å². The van der Waals surface area contributed by atoms with E-state index in [-0.39, 0.29) is 5.54 Å². The van der Waals surface area contributed by atoms with E-state index >= 15 is 0 Å². The number of hydrogen-bond acceptors (Lipinski definition) is 3. The molecule has 0 amide bonds. The number of aliphatic hydroxyl groups is 1. The molecule has 0 aliphatic heterocycles. The van der Waals surface area contributed by atoms with Gasteiger partial charge in [0.15, 0.2) is 0 Å². The van der Waals surface area contributed by atoms with Gasteiger partial charge in [-0.2, -0.15) is 5.10 Å². The first-order valence-electron chi connectivity index (χ1n) is 7.89. The van der Waals surface area contributed by atoms with E-state index in [2.05, 4.69) is 57.6 Å². The van der Waals surface area contributed by atoms with Crippen molar-refractivity contribution in [2.45, 2.75) is 72.6 Å². The number of aryl methyl sites for hydroxylation is 2. The summed E-state index contributed by atoms with van der Waals surface area (Å²) >= 11 is 0. The van der Waals surface area contributed by atoms with Crippen molar-refractivity contribution in [3.8, 4) is 0 Å². The first kappa shape index (κ1) is 17.2. The Hall–Kier alpha value is -0.870. The molecule has 1 rings (SSSR count). The highest BCUT2D eigenvalue weighted by atomic mass is 16.3. The van der Waals surface area contributed by atoms with Gasteiger partial charge in [-0.05, 0) is 46.3 Å². The summed E-state index contributed by atoms with van der Waals surface area (Å²) in [7, 11) is 0. The first-order valence-corrected chi connectivity index (χ1v) is 7.89. The van der Waals surface area contributed by atoms with Gasteiger partial charge in [-0.25, -0.2) is 0 Å². The van der Waals surface area contributed by atoms with E-state index in [0.29, 0.717) is 6.42 Å². The fourth-order valence-corrected chi connectivity index (χ4v) is 2.82. The van der Waals surface area contributed by atoms with E-state index in [1.54, 1.807) is 0 Å². The maximum atomic E-state index is 10.7. The molecule has 20 heavy (non-hydrogen) atoms. The molecular formula is C16H31N3O. The van der Waals surface area contributed by atoms with E-state index in [9.17, 15) is 5.11 Å². The molecule has 0 aliphatic carbocycles. The van der Waals surface area contributed by atoms with Gasteiger partial charge in [-0.1, -0.05) is 20.8 Å². The molecule has 0 saturated heterocycles. The number of aromatic nitrogens is 2. The highest BCUT2D eigenvalue weighted by molar-refractivity contribution is 5.13. The van der Waals surface area contributed by atoms with E-state index in [1.807, 2.05) is 4.68 Å². The smallest absolute Gasteiger partial charge is 0.0773 e. The molecule has 1 atom stereocenters. The predicted octanol–water partition coefficient (Wildman–Crippen LogP) is 2.49. The first-order chi connectivity index (χ1) is 9.40. The zero-order chi connectivity index (χ0) is 15.3. The molecule has 4 nitrogen and oxygen atoms in total. The molecule has 1 aromatic heterocycles. The minimum absolute atomic E-state index is 0.223. The van der Waals surface area contributed by atoms with Crippen molar-refractivity contribution in [2.24, 2.45) is 0 Å². The van der Waals surface area contributed by atoms with Crippen LogP contribution in [0.4, 0.5) is 0 Å². The number of hydrogen-bond donors (Lipinski definition) is 1. The standard InChI is InChI=1S/C16H31N3O/c1-7-13-11-14(19(10-4)17-13)12-15(20)16(5,6)18(8-2)9-3/h11,15,20H,7-10,12H2,1-6H3. The molecule has 0 bridgehead atoms. The van der Waals surface area contributed by atoms with Crippen LogP contribution >= 0.6 is 0 Å². The predicted molar refractivity (Wildman–Crippen MR) is 84.0 cm³/mol. The lowest BCUT2D eigenvalue weighted by atomic mass is 9.91. The van der Waals surface area contributed by atoms with Crippen molar-refractivity contribution < 1.29 is 5.11 Å². The third kappa shape index (κ3) is 3.61. The van der Waals surface area contributed by atoms with Crippen LogP contribution in [-0.2, 0) is 19.4 Å². The van der Waals surface area contributed by atoms with Crippen molar-refractivity contribution in [2.75, 3.05) is 13.1 Å². The lowest BCUT2D eigenvalue weighted by Crippen LogP contribution is -2.53. The van der Waals surface area contributed by atoms with Crippen LogP contribution in [0.15, 0.2) is 6.07 Å². The van der Waals surface area contributed by atoms with Crippen LogP contribution in [0, 0.1) is 0 Å². The van der Waals surface area contributed by atoms with E-state index in [4.69, 9.17) is 0 Å². The van der Waals surface area contributed by atoms with Crippen molar-refractivity contribution in [3.63, 3.8) is 0 Å². The van der Waals surface area contributed by atoms with E-state index < -0.39 is 6.10 Å². The maximum Gasteiger partial charge on any atom is 0.0773 e. The maximum absolute atomic E-state index is 10.7. The number of likely N-dealkylation sites (N-methyl/N-ethyl adjacent to an activating group) is 1. The molecule has 116 valence electrons. The van der Waals surface area contributed by atoms with E-state index in [0.717, 1.165) is 37.4 Å². The number of rotatable bonds is 8. The third-order valence-electron chi connectivity index (χ3n) is 4.37. The fourth-order valence-electron chi connectivity index (χ4n) is 2.82. The Labute approximate surface area is 123 Å². The molecule has 4 heteroatoms. The Kier molecular flexibility index (Phi) is 6.21. The van der Waals surface area contributed by atoms with Crippen LogP contribution in [0.5, 0.6) is 0 Å². The van der Waals surface area contributed by atoms with Gasteiger partial charge in [0.1, 0.15) is 0 Å². The summed E-state index contributed by atoms with van der Waals surface area (Å²) in [5, 5.41) is 15.2. The molecule has 0 aromatic carbocycles. The molecular weight excluding hydrogens is 250 g/mol. The second-order valence-electron chi connectivity index (χ2n) is 5.84. The topological polar surface area (TPSA) is 41.3 Å². The second-order valence-corrected chi connectivity index (χ2v) is 5.84. The van der Waals surface area contributed by atoms with Crippen LogP contribution in [-0.4, -0.2) is 44.5 Å². The van der Waals surface area contributed by atoms with Crippen LogP contribution in [0.2, 0.25) is 0 Å². The van der Waals surface area contributed by atoms with Crippen molar-refractivity contribution in [1.82, 2.24) is 14.7 Å². The van der Waals surface area contributed by atoms with E-state index in [1.165, 1.54) is 0 Å². The molecule has 1 N–H and O–H groups in total. The molecule has 1 heterocycles. The Morgan fingerprint density at radius 2 is 1.85 bits per heavy atom. The minimum Gasteiger partial charge on any atom is -0.391 e. The number of aliphatic hydroxyl groups excluding tert-OH is 1. The average Bonchev–Trinajstić information content (AvgIpc) is 2.82. The quantitative estimate of drug-likeness (QED) is 0.796. The highest BCUT2D eigenvalue weighted by Gasteiger charge is 2.33. The van der Waals surface area contributed by atoms with Crippen molar-refractivity contribution >= 4 is 0 Å². The Balaban J connectivity index is 2.88. The van der Waals surface area contributed by atoms with Gasteiger partial charge in [0.25, 0.3) is 0 Å². The fraction of sp³-hybridized carbons (Fsp3) is 0.812. The van der Waals surface area contributed by atoms with Gasteiger partial charge in [0.05, 0.1) is 11.8 Å². The summed E-state index contributed by atoms with van der Waals surface area (Å²) in [4.78, 5) is 2.31. The highest BCUT2D eigenvalue weighted by Crippen LogP contribution is 2.22. The lowest BCUT2D eigenvalue weighted by Gasteiger charge is -2.41. The van der Waals surface area contributed by atoms with Gasteiger partial charge in [0.2, 0.25) is 0 Å². The summed E-state index contributed by atoms with van der Waals surface area (Å²) in [5.41, 5.74) is 2.02. The van der Waals surface area contributed by atoms with Crippen molar-refractivity contribution in [1.29, 1.82) is 0 Å². The summed E-state index contributed by atoms with van der Waals surface area (Å²) in [5.74, 6) is 0. The Morgan fingerprint density at radius 3 is 2.30 bits per heavy atom. The zero-order valence-electron chi connectivity index (χ0n) is 14.0. The van der Waals surface area contributed by atoms with Crippen LogP contribution < -0.4 is 0 Å². The molecule has 1 aromatic rings.